The molecule has 0 N–H and O–H groups in total. The lowest BCUT2D eigenvalue weighted by Crippen LogP contribution is -2.37. The van der Waals surface area contributed by atoms with Crippen molar-refractivity contribution in [3.63, 3.8) is 0 Å². The highest BCUT2D eigenvalue weighted by molar-refractivity contribution is 8.00. The first-order valence-electron chi connectivity index (χ1n) is 10.1. The Balaban J connectivity index is 1.50. The van der Waals surface area contributed by atoms with Crippen molar-refractivity contribution < 1.29 is 4.79 Å². The monoisotopic (exact) mass is 384 g/mol. The molecule has 144 valence electrons. The number of likely N-dealkylation sites (tertiary alicyclic amines) is 1. The average molecular weight is 385 g/mol. The fourth-order valence-corrected chi connectivity index (χ4v) is 4.64. The van der Waals surface area contributed by atoms with Crippen LogP contribution >= 0.6 is 11.8 Å². The van der Waals surface area contributed by atoms with Gasteiger partial charge >= 0.3 is 0 Å². The first-order valence-corrected chi connectivity index (χ1v) is 11.0. The summed E-state index contributed by atoms with van der Waals surface area (Å²) >= 11 is 1.56. The Morgan fingerprint density at radius 3 is 2.48 bits per heavy atom. The molecule has 27 heavy (non-hydrogen) atoms. The Bertz CT molecular complexity index is 764. The van der Waals surface area contributed by atoms with Gasteiger partial charge in [-0.05, 0) is 38.2 Å². The summed E-state index contributed by atoms with van der Waals surface area (Å²) in [6.07, 6.45) is 7.11. The van der Waals surface area contributed by atoms with Crippen LogP contribution in [0.5, 0.6) is 0 Å². The van der Waals surface area contributed by atoms with Crippen LogP contribution in [0.4, 0.5) is 0 Å². The smallest absolute Gasteiger partial charge is 0.235 e. The maximum Gasteiger partial charge on any atom is 0.235 e. The molecule has 1 aromatic heterocycles. The lowest BCUT2D eigenvalue weighted by Gasteiger charge is -2.23. The highest BCUT2D eigenvalue weighted by Gasteiger charge is 2.32. The summed E-state index contributed by atoms with van der Waals surface area (Å²) in [7, 11) is 0. The number of carbonyl (C=O) groups is 1. The fourth-order valence-electron chi connectivity index (χ4n) is 3.70. The number of hydrogen-bond acceptors (Lipinski definition) is 4. The third-order valence-electron chi connectivity index (χ3n) is 5.42. The highest BCUT2D eigenvalue weighted by Crippen LogP contribution is 2.40. The predicted molar refractivity (Wildman–Crippen MR) is 108 cm³/mol. The van der Waals surface area contributed by atoms with Gasteiger partial charge in [-0.3, -0.25) is 4.79 Å². The van der Waals surface area contributed by atoms with Crippen molar-refractivity contribution in [1.29, 1.82) is 0 Å². The van der Waals surface area contributed by atoms with Crippen LogP contribution in [0.2, 0.25) is 0 Å². The summed E-state index contributed by atoms with van der Waals surface area (Å²) in [6.45, 7) is 4.57. The molecule has 2 fully saturated rings. The summed E-state index contributed by atoms with van der Waals surface area (Å²) in [5.74, 6) is 1.85. The van der Waals surface area contributed by atoms with Gasteiger partial charge in [0.15, 0.2) is 5.16 Å². The molecule has 0 bridgehead atoms. The van der Waals surface area contributed by atoms with Crippen molar-refractivity contribution in [2.75, 3.05) is 13.1 Å². The molecule has 4 rings (SSSR count). The van der Waals surface area contributed by atoms with Gasteiger partial charge in [0.1, 0.15) is 5.82 Å². The minimum atomic E-state index is -0.131. The molecule has 1 aliphatic carbocycles. The van der Waals surface area contributed by atoms with Crippen LogP contribution in [0.3, 0.4) is 0 Å². The molecule has 5 nitrogen and oxygen atoms in total. The van der Waals surface area contributed by atoms with E-state index in [1.54, 1.807) is 11.8 Å². The van der Waals surface area contributed by atoms with Crippen LogP contribution in [-0.4, -0.2) is 43.9 Å². The summed E-state index contributed by atoms with van der Waals surface area (Å²) < 4.78 is 2.23. The van der Waals surface area contributed by atoms with E-state index in [0.29, 0.717) is 5.92 Å². The van der Waals surface area contributed by atoms with Gasteiger partial charge in [-0.25, -0.2) is 0 Å². The van der Waals surface area contributed by atoms with Crippen molar-refractivity contribution >= 4 is 17.7 Å². The van der Waals surface area contributed by atoms with E-state index in [2.05, 4.69) is 39.0 Å². The molecule has 1 aliphatic heterocycles. The fraction of sp³-hybridized carbons (Fsp3) is 0.571. The predicted octanol–water partition coefficient (Wildman–Crippen LogP) is 4.09. The van der Waals surface area contributed by atoms with E-state index in [-0.39, 0.29) is 11.2 Å². The van der Waals surface area contributed by atoms with Gasteiger partial charge in [0, 0.05) is 19.0 Å². The standard InChI is InChI=1S/C21H28N4OS/c1-16(20(26)24-13-7-2-3-8-14-24)27-21-23-22-19(18-11-12-18)25(21)15-17-9-5-4-6-10-17/h4-6,9-10,16,18H,2-3,7-8,11-15H2,1H3/t16-/m1/s1. The zero-order valence-corrected chi connectivity index (χ0v) is 16.8. The van der Waals surface area contributed by atoms with Crippen molar-refractivity contribution in [2.45, 2.75) is 68.3 Å². The molecule has 1 saturated heterocycles. The quantitative estimate of drug-likeness (QED) is 0.704. The minimum Gasteiger partial charge on any atom is -0.342 e. The molecule has 6 heteroatoms. The molecule has 0 unspecified atom stereocenters. The van der Waals surface area contributed by atoms with E-state index in [4.69, 9.17) is 0 Å². The van der Waals surface area contributed by atoms with Gasteiger partial charge < -0.3 is 9.47 Å². The second kappa shape index (κ2) is 8.46. The van der Waals surface area contributed by atoms with Crippen molar-refractivity contribution in [3.8, 4) is 0 Å². The molecule has 0 spiro atoms. The Labute approximate surface area is 165 Å². The number of nitrogens with zero attached hydrogens (tertiary/aromatic N) is 4. The zero-order valence-electron chi connectivity index (χ0n) is 16.0. The summed E-state index contributed by atoms with van der Waals surface area (Å²) in [4.78, 5) is 15.0. The van der Waals surface area contributed by atoms with Crippen LogP contribution in [0.25, 0.3) is 0 Å². The summed E-state index contributed by atoms with van der Waals surface area (Å²) in [5, 5.41) is 9.69. The second-order valence-electron chi connectivity index (χ2n) is 7.69. The van der Waals surface area contributed by atoms with E-state index >= 15 is 0 Å². The molecule has 2 heterocycles. The average Bonchev–Trinajstić information content (AvgIpc) is 3.50. The third-order valence-corrected chi connectivity index (χ3v) is 6.49. The Morgan fingerprint density at radius 1 is 1.11 bits per heavy atom. The summed E-state index contributed by atoms with van der Waals surface area (Å²) in [6, 6.07) is 10.4. The van der Waals surface area contributed by atoms with Crippen LogP contribution < -0.4 is 0 Å². The number of benzene rings is 1. The van der Waals surface area contributed by atoms with Gasteiger partial charge in [-0.2, -0.15) is 0 Å². The molecule has 1 saturated carbocycles. The Morgan fingerprint density at radius 2 is 1.81 bits per heavy atom. The lowest BCUT2D eigenvalue weighted by molar-refractivity contribution is -0.130. The van der Waals surface area contributed by atoms with Gasteiger partial charge in [0.25, 0.3) is 0 Å². The number of amides is 1. The van der Waals surface area contributed by atoms with Gasteiger partial charge in [0.2, 0.25) is 5.91 Å². The molecule has 1 amide bonds. The molecular formula is C21H28N4OS. The number of thioether (sulfide) groups is 1. The van der Waals surface area contributed by atoms with E-state index in [9.17, 15) is 4.79 Å². The largest absolute Gasteiger partial charge is 0.342 e. The first-order chi connectivity index (χ1) is 13.2. The van der Waals surface area contributed by atoms with Crippen molar-refractivity contribution in [1.82, 2.24) is 19.7 Å². The highest BCUT2D eigenvalue weighted by atomic mass is 32.2. The number of hydrogen-bond donors (Lipinski definition) is 0. The first kappa shape index (κ1) is 18.5. The molecule has 1 aromatic carbocycles. The van der Waals surface area contributed by atoms with E-state index in [1.165, 1.54) is 31.2 Å². The van der Waals surface area contributed by atoms with Crippen LogP contribution in [-0.2, 0) is 11.3 Å². The number of rotatable bonds is 6. The number of carbonyl (C=O) groups excluding carboxylic acids is 1. The third kappa shape index (κ3) is 4.54. The topological polar surface area (TPSA) is 51.0 Å². The van der Waals surface area contributed by atoms with Crippen molar-refractivity contribution in [2.24, 2.45) is 0 Å². The molecule has 2 aromatic rings. The normalized spacial score (nSPS) is 18.9. The maximum atomic E-state index is 12.9. The molecule has 2 aliphatic rings. The van der Waals surface area contributed by atoms with Crippen LogP contribution in [0, 0.1) is 0 Å². The minimum absolute atomic E-state index is 0.131. The maximum absolute atomic E-state index is 12.9. The van der Waals surface area contributed by atoms with E-state index < -0.39 is 0 Å². The Kier molecular flexibility index (Phi) is 5.81. The molecule has 1 atom stereocenters. The van der Waals surface area contributed by atoms with E-state index in [0.717, 1.165) is 43.5 Å². The van der Waals surface area contributed by atoms with E-state index in [1.807, 2.05) is 17.9 Å². The van der Waals surface area contributed by atoms with Crippen LogP contribution in [0.15, 0.2) is 35.5 Å². The van der Waals surface area contributed by atoms with Gasteiger partial charge in [0.05, 0.1) is 11.8 Å². The van der Waals surface area contributed by atoms with Gasteiger partial charge in [-0.15, -0.1) is 10.2 Å². The lowest BCUT2D eigenvalue weighted by atomic mass is 10.2. The Hall–Kier alpha value is -1.82. The zero-order chi connectivity index (χ0) is 18.6. The number of aromatic nitrogens is 3. The van der Waals surface area contributed by atoms with Gasteiger partial charge in [-0.1, -0.05) is 54.9 Å². The second-order valence-corrected chi connectivity index (χ2v) is 8.99. The molecular weight excluding hydrogens is 356 g/mol. The SMILES string of the molecule is C[C@@H](Sc1nnc(C2CC2)n1Cc1ccccc1)C(=O)N1CCCCCC1. The molecule has 0 radical (unpaired) electrons. The summed E-state index contributed by atoms with van der Waals surface area (Å²) in [5.41, 5.74) is 1.24. The van der Waals surface area contributed by atoms with Crippen molar-refractivity contribution in [3.05, 3.63) is 41.7 Å². The van der Waals surface area contributed by atoms with Crippen LogP contribution in [0.1, 0.15) is 62.8 Å².